The summed E-state index contributed by atoms with van der Waals surface area (Å²) in [6.45, 7) is 14.0. The van der Waals surface area contributed by atoms with Gasteiger partial charge in [0, 0.05) is 11.8 Å². The van der Waals surface area contributed by atoms with Gasteiger partial charge in [-0.05, 0) is 85.4 Å². The lowest BCUT2D eigenvalue weighted by Crippen LogP contribution is -2.71. The van der Waals surface area contributed by atoms with Gasteiger partial charge in [-0.3, -0.25) is 0 Å². The third-order valence-corrected chi connectivity index (χ3v) is 11.7. The van der Waals surface area contributed by atoms with E-state index in [2.05, 4.69) is 41.5 Å². The second-order valence-electron chi connectivity index (χ2n) is 13.5. The van der Waals surface area contributed by atoms with Crippen molar-refractivity contribution in [3.63, 3.8) is 0 Å². The van der Waals surface area contributed by atoms with Crippen molar-refractivity contribution < 1.29 is 20.4 Å². The van der Waals surface area contributed by atoms with Gasteiger partial charge in [-0.25, -0.2) is 0 Å². The van der Waals surface area contributed by atoms with Crippen LogP contribution in [-0.2, 0) is 0 Å². The molecule has 0 aromatic heterocycles. The van der Waals surface area contributed by atoms with E-state index in [1.807, 2.05) is 0 Å². The zero-order valence-corrected chi connectivity index (χ0v) is 21.4. The van der Waals surface area contributed by atoms with Crippen LogP contribution in [0.4, 0.5) is 0 Å². The van der Waals surface area contributed by atoms with Crippen LogP contribution in [-0.4, -0.2) is 44.3 Å². The molecule has 0 aromatic rings. The smallest absolute Gasteiger partial charge is 0.0986 e. The molecular weight excluding hydrogens is 400 g/mol. The Bertz CT molecular complexity index is 680. The molecule has 4 aliphatic carbocycles. The van der Waals surface area contributed by atoms with Crippen molar-refractivity contribution in [2.45, 2.75) is 123 Å². The van der Waals surface area contributed by atoms with Gasteiger partial charge in [0.25, 0.3) is 0 Å². The van der Waals surface area contributed by atoms with Gasteiger partial charge in [-0.15, -0.1) is 0 Å². The van der Waals surface area contributed by atoms with Gasteiger partial charge in [0.1, 0.15) is 0 Å². The molecule has 12 atom stereocenters. The predicted molar refractivity (Wildman–Crippen MR) is 128 cm³/mol. The molecule has 4 fully saturated rings. The van der Waals surface area contributed by atoms with Gasteiger partial charge >= 0.3 is 0 Å². The largest absolute Gasteiger partial charge is 0.393 e. The van der Waals surface area contributed by atoms with Crippen LogP contribution < -0.4 is 0 Å². The summed E-state index contributed by atoms with van der Waals surface area (Å²) in [5.41, 5.74) is -1.72. The molecule has 0 radical (unpaired) electrons. The van der Waals surface area contributed by atoms with Crippen LogP contribution in [0.25, 0.3) is 0 Å². The molecule has 4 aliphatic rings. The molecule has 0 bridgehead atoms. The SMILES string of the molecule is CC(C)[C@@H](C)CC[C@@H](C)[C@H]1CC[C@H]2[C@@H]3C[C@@H](O)[C@@]4(O)C[C@@H](O)CC[C@]4(C)[C@H]3[C@H](O)C[C@]12C. The Kier molecular flexibility index (Phi) is 6.63. The fourth-order valence-electron chi connectivity index (χ4n) is 9.42. The van der Waals surface area contributed by atoms with E-state index < -0.39 is 29.3 Å². The Morgan fingerprint density at radius 2 is 1.59 bits per heavy atom. The van der Waals surface area contributed by atoms with E-state index in [4.69, 9.17) is 0 Å². The number of rotatable bonds is 5. The lowest BCUT2D eigenvalue weighted by Gasteiger charge is -2.66. The molecule has 0 aromatic carbocycles. The van der Waals surface area contributed by atoms with Crippen LogP contribution >= 0.6 is 0 Å². The number of hydrogen-bond acceptors (Lipinski definition) is 4. The third-order valence-electron chi connectivity index (χ3n) is 11.7. The van der Waals surface area contributed by atoms with Gasteiger partial charge in [0.05, 0.1) is 23.9 Å². The number of fused-ring (bicyclic) bond motifs is 5. The first-order valence-corrected chi connectivity index (χ1v) is 13.6. The molecule has 0 amide bonds. The zero-order valence-electron chi connectivity index (χ0n) is 21.4. The molecule has 4 rings (SSSR count). The summed E-state index contributed by atoms with van der Waals surface area (Å²) in [6.07, 6.45) is 6.06. The van der Waals surface area contributed by atoms with Gasteiger partial charge < -0.3 is 20.4 Å². The molecule has 0 unspecified atom stereocenters. The number of aliphatic hydroxyl groups excluding tert-OH is 3. The maximum absolute atomic E-state index is 11.6. The van der Waals surface area contributed by atoms with Crippen LogP contribution in [0, 0.1) is 52.3 Å². The van der Waals surface area contributed by atoms with Crippen molar-refractivity contribution in [2.75, 3.05) is 0 Å². The second-order valence-corrected chi connectivity index (χ2v) is 13.5. The van der Waals surface area contributed by atoms with Crippen molar-refractivity contribution in [2.24, 2.45) is 52.3 Å². The molecule has 4 heteroatoms. The summed E-state index contributed by atoms with van der Waals surface area (Å²) < 4.78 is 0. The van der Waals surface area contributed by atoms with E-state index in [1.165, 1.54) is 25.7 Å². The minimum Gasteiger partial charge on any atom is -0.393 e. The summed E-state index contributed by atoms with van der Waals surface area (Å²) in [7, 11) is 0. The average molecular weight is 451 g/mol. The number of aliphatic hydroxyl groups is 4. The van der Waals surface area contributed by atoms with E-state index in [-0.39, 0.29) is 23.7 Å². The summed E-state index contributed by atoms with van der Waals surface area (Å²) in [5, 5.41) is 44.7. The van der Waals surface area contributed by atoms with Crippen LogP contribution in [0.3, 0.4) is 0 Å². The maximum atomic E-state index is 11.6. The zero-order chi connectivity index (χ0) is 23.6. The highest BCUT2D eigenvalue weighted by atomic mass is 16.3. The summed E-state index contributed by atoms with van der Waals surface area (Å²) in [5.74, 6) is 3.53. The second kappa shape index (κ2) is 8.50. The molecule has 0 saturated heterocycles. The standard InChI is InChI=1S/C28H50O4/c1-16(2)17(3)7-8-18(4)21-9-10-22-20-13-24(31)28(32)14-19(29)11-12-27(28,6)25(20)23(30)15-26(21,22)5/h16-25,29-32H,7-15H2,1-6H3/t17-,18+,19-,20-,21+,22-,23+,24+,25+,26+,27+,28-/m0/s1. The molecule has 0 spiro atoms. The topological polar surface area (TPSA) is 80.9 Å². The predicted octanol–water partition coefficient (Wildman–Crippen LogP) is 4.77. The fraction of sp³-hybridized carbons (Fsp3) is 1.00. The first-order valence-electron chi connectivity index (χ1n) is 13.6. The summed E-state index contributed by atoms with van der Waals surface area (Å²) >= 11 is 0. The summed E-state index contributed by atoms with van der Waals surface area (Å²) in [4.78, 5) is 0. The van der Waals surface area contributed by atoms with Crippen LogP contribution in [0.15, 0.2) is 0 Å². The molecule has 4 N–H and O–H groups in total. The fourth-order valence-corrected chi connectivity index (χ4v) is 9.42. The van der Waals surface area contributed by atoms with Crippen molar-refractivity contribution in [3.05, 3.63) is 0 Å². The molecule has 0 aliphatic heterocycles. The first kappa shape index (κ1) is 24.9. The average Bonchev–Trinajstić information content (AvgIpc) is 3.04. The normalized spacial score (nSPS) is 52.8. The molecular formula is C28H50O4. The lowest BCUT2D eigenvalue weighted by molar-refractivity contribution is -0.282. The van der Waals surface area contributed by atoms with Crippen molar-refractivity contribution in [3.8, 4) is 0 Å². The van der Waals surface area contributed by atoms with E-state index in [0.717, 1.165) is 18.3 Å². The molecule has 186 valence electrons. The lowest BCUT2D eigenvalue weighted by atomic mass is 9.41. The van der Waals surface area contributed by atoms with Gasteiger partial charge in [-0.1, -0.05) is 54.4 Å². The molecule has 4 nitrogen and oxygen atoms in total. The van der Waals surface area contributed by atoms with Gasteiger partial charge in [0.15, 0.2) is 0 Å². The Hall–Kier alpha value is -0.160. The molecule has 32 heavy (non-hydrogen) atoms. The quantitative estimate of drug-likeness (QED) is 0.486. The van der Waals surface area contributed by atoms with Gasteiger partial charge in [0.2, 0.25) is 0 Å². The Morgan fingerprint density at radius 3 is 2.25 bits per heavy atom. The van der Waals surface area contributed by atoms with E-state index in [9.17, 15) is 20.4 Å². The minimum absolute atomic E-state index is 0.0106. The van der Waals surface area contributed by atoms with E-state index in [1.54, 1.807) is 0 Å². The highest BCUT2D eigenvalue weighted by Crippen LogP contribution is 2.69. The Balaban J connectivity index is 1.57. The Morgan fingerprint density at radius 1 is 0.906 bits per heavy atom. The highest BCUT2D eigenvalue weighted by molar-refractivity contribution is 5.19. The first-order chi connectivity index (χ1) is 14.8. The molecule has 0 heterocycles. The van der Waals surface area contributed by atoms with Crippen molar-refractivity contribution in [1.82, 2.24) is 0 Å². The van der Waals surface area contributed by atoms with Crippen LogP contribution in [0.1, 0.15) is 99.3 Å². The maximum Gasteiger partial charge on any atom is 0.0986 e. The minimum atomic E-state index is -1.29. The molecule has 4 saturated carbocycles. The summed E-state index contributed by atoms with van der Waals surface area (Å²) in [6, 6.07) is 0. The van der Waals surface area contributed by atoms with Crippen LogP contribution in [0.2, 0.25) is 0 Å². The highest BCUT2D eigenvalue weighted by Gasteiger charge is 2.69. The van der Waals surface area contributed by atoms with E-state index >= 15 is 0 Å². The van der Waals surface area contributed by atoms with Crippen molar-refractivity contribution >= 4 is 0 Å². The van der Waals surface area contributed by atoms with Crippen molar-refractivity contribution in [1.29, 1.82) is 0 Å². The van der Waals surface area contributed by atoms with E-state index in [0.29, 0.717) is 37.0 Å². The van der Waals surface area contributed by atoms with Crippen LogP contribution in [0.5, 0.6) is 0 Å². The Labute approximate surface area is 196 Å². The number of hydrogen-bond donors (Lipinski definition) is 4. The monoisotopic (exact) mass is 450 g/mol. The third kappa shape index (κ3) is 3.62. The van der Waals surface area contributed by atoms with Gasteiger partial charge in [-0.2, -0.15) is 0 Å².